The van der Waals surface area contributed by atoms with Gasteiger partial charge in [-0.15, -0.1) is 5.10 Å². The maximum atomic E-state index is 13.3. The Morgan fingerprint density at radius 2 is 1.97 bits per heavy atom. The van der Waals surface area contributed by atoms with Crippen molar-refractivity contribution >= 4 is 39.7 Å². The van der Waals surface area contributed by atoms with Crippen molar-refractivity contribution in [1.29, 1.82) is 0 Å². The quantitative estimate of drug-likeness (QED) is 0.417. The molecule has 0 unspecified atom stereocenters. The fourth-order valence-corrected chi connectivity index (χ4v) is 3.75. The second-order valence-electron chi connectivity index (χ2n) is 6.81. The van der Waals surface area contributed by atoms with E-state index in [2.05, 4.69) is 25.7 Å². The molecule has 0 aliphatic rings. The second-order valence-corrected chi connectivity index (χ2v) is 7.65. The second kappa shape index (κ2) is 8.32. The summed E-state index contributed by atoms with van der Waals surface area (Å²) in [5.41, 5.74) is 1.65. The number of rotatable bonds is 5. The van der Waals surface area contributed by atoms with Crippen molar-refractivity contribution in [2.75, 3.05) is 0 Å². The van der Waals surface area contributed by atoms with E-state index in [-0.39, 0.29) is 6.54 Å². The summed E-state index contributed by atoms with van der Waals surface area (Å²) in [7, 11) is 0. The normalized spacial score (nSPS) is 12.6. The summed E-state index contributed by atoms with van der Waals surface area (Å²) in [6.45, 7) is 2.01. The Morgan fingerprint density at radius 1 is 1.16 bits per heavy atom. The average Bonchev–Trinajstić information content (AvgIpc) is 3.36. The lowest BCUT2D eigenvalue weighted by molar-refractivity contribution is -0.137. The molecule has 11 heteroatoms. The highest BCUT2D eigenvalue weighted by Crippen LogP contribution is 2.33. The Hall–Kier alpha value is -2.91. The third-order valence-corrected chi connectivity index (χ3v) is 5.43. The number of aromatic amines is 1. The van der Waals surface area contributed by atoms with Crippen molar-refractivity contribution in [1.82, 2.24) is 30.4 Å². The van der Waals surface area contributed by atoms with Crippen molar-refractivity contribution < 1.29 is 13.2 Å². The largest absolute Gasteiger partial charge is 0.416 e. The van der Waals surface area contributed by atoms with E-state index < -0.39 is 11.7 Å². The number of aromatic nitrogens is 6. The number of hydrogen-bond donors (Lipinski definition) is 1. The molecule has 0 aliphatic carbocycles. The van der Waals surface area contributed by atoms with E-state index in [1.165, 1.54) is 10.7 Å². The van der Waals surface area contributed by atoms with Gasteiger partial charge in [0.05, 0.1) is 23.3 Å². The van der Waals surface area contributed by atoms with Gasteiger partial charge < -0.3 is 0 Å². The number of nitrogens with zero attached hydrogens (tertiary/aromatic N) is 5. The third-order valence-electron chi connectivity index (χ3n) is 4.85. The van der Waals surface area contributed by atoms with Crippen LogP contribution in [0.2, 0.25) is 10.0 Å². The van der Waals surface area contributed by atoms with Crippen molar-refractivity contribution in [3.63, 3.8) is 0 Å². The Bertz CT molecular complexity index is 1260. The van der Waals surface area contributed by atoms with Crippen LogP contribution in [0.5, 0.6) is 0 Å². The number of hydrogen-bond acceptors (Lipinski definition) is 4. The first kappa shape index (κ1) is 21.3. The molecule has 0 spiro atoms. The maximum Gasteiger partial charge on any atom is 0.416 e. The lowest BCUT2D eigenvalue weighted by Gasteiger charge is -2.09. The number of allylic oxidation sites excluding steroid dienone is 2. The first-order valence-electron chi connectivity index (χ1n) is 9.16. The number of nitrogens with one attached hydrogen (secondary N) is 1. The van der Waals surface area contributed by atoms with Crippen LogP contribution < -0.4 is 0 Å². The standard InChI is InChI=1S/C20H15Cl2F3N6/c1-2-11(19-26-29-30-27-19)7-17-15-6-4-13(20(23,24)25)8-18(15)31(28-17)10-12-3-5-14(21)9-16(12)22/h2-6,8-9H,7,10H2,1H3,(H,26,27,29,30). The van der Waals surface area contributed by atoms with E-state index in [0.29, 0.717) is 44.5 Å². The van der Waals surface area contributed by atoms with Gasteiger partial charge in [-0.05, 0) is 47.2 Å². The zero-order chi connectivity index (χ0) is 22.2. The number of alkyl halides is 3. The third kappa shape index (κ3) is 4.42. The molecule has 0 bridgehead atoms. The number of benzene rings is 2. The lowest BCUT2D eigenvalue weighted by Crippen LogP contribution is -2.06. The highest BCUT2D eigenvalue weighted by molar-refractivity contribution is 6.35. The van der Waals surface area contributed by atoms with Crippen molar-refractivity contribution in [2.24, 2.45) is 0 Å². The molecule has 2 heterocycles. The SMILES string of the molecule is CC=C(Cc1nn(Cc2ccc(Cl)cc2Cl)c2cc(C(F)(F)F)ccc12)c1nnn[nH]1. The minimum absolute atomic E-state index is 0.183. The Morgan fingerprint density at radius 3 is 2.61 bits per heavy atom. The molecular formula is C20H15Cl2F3N6. The van der Waals surface area contributed by atoms with Gasteiger partial charge in [-0.1, -0.05) is 41.4 Å². The molecule has 0 fully saturated rings. The molecule has 0 amide bonds. The van der Waals surface area contributed by atoms with Crippen molar-refractivity contribution in [3.05, 3.63) is 75.2 Å². The molecule has 4 aromatic rings. The molecule has 0 aliphatic heterocycles. The fraction of sp³-hybridized carbons (Fsp3) is 0.200. The van der Waals surface area contributed by atoms with Crippen molar-refractivity contribution in [3.8, 4) is 0 Å². The van der Waals surface area contributed by atoms with E-state index in [0.717, 1.165) is 17.7 Å². The van der Waals surface area contributed by atoms with Crippen LogP contribution in [0.25, 0.3) is 16.5 Å². The van der Waals surface area contributed by atoms with E-state index in [9.17, 15) is 13.2 Å². The Labute approximate surface area is 184 Å². The monoisotopic (exact) mass is 466 g/mol. The summed E-state index contributed by atoms with van der Waals surface area (Å²) in [6, 6.07) is 8.57. The smallest absolute Gasteiger partial charge is 0.260 e. The van der Waals surface area contributed by atoms with Crippen LogP contribution in [-0.2, 0) is 19.1 Å². The first-order valence-corrected chi connectivity index (χ1v) is 9.91. The molecule has 1 N–H and O–H groups in total. The van der Waals surface area contributed by atoms with Crippen LogP contribution in [0.15, 0.2) is 42.5 Å². The van der Waals surface area contributed by atoms with Gasteiger partial charge in [0, 0.05) is 27.4 Å². The summed E-state index contributed by atoms with van der Waals surface area (Å²) in [5, 5.41) is 19.8. The topological polar surface area (TPSA) is 72.3 Å². The van der Waals surface area contributed by atoms with Crippen LogP contribution in [0.1, 0.15) is 29.6 Å². The van der Waals surface area contributed by atoms with Crippen LogP contribution in [-0.4, -0.2) is 30.4 Å². The molecule has 6 nitrogen and oxygen atoms in total. The molecule has 0 saturated carbocycles. The minimum Gasteiger partial charge on any atom is -0.260 e. The maximum absolute atomic E-state index is 13.3. The summed E-state index contributed by atoms with van der Waals surface area (Å²) >= 11 is 12.2. The number of fused-ring (bicyclic) bond motifs is 1. The predicted octanol–water partition coefficient (Wildman–Crippen LogP) is 5.57. The van der Waals surface area contributed by atoms with Crippen LogP contribution in [0.3, 0.4) is 0 Å². The van der Waals surface area contributed by atoms with Gasteiger partial charge in [-0.3, -0.25) is 4.68 Å². The number of H-pyrrole nitrogens is 1. The molecule has 0 saturated heterocycles. The summed E-state index contributed by atoms with van der Waals surface area (Å²) in [4.78, 5) is 0. The Balaban J connectivity index is 1.81. The van der Waals surface area contributed by atoms with E-state index >= 15 is 0 Å². The average molecular weight is 467 g/mol. The molecular weight excluding hydrogens is 452 g/mol. The minimum atomic E-state index is -4.47. The number of tetrazole rings is 1. The summed E-state index contributed by atoms with van der Waals surface area (Å²) in [6.07, 6.45) is -2.31. The molecule has 0 atom stereocenters. The van der Waals surface area contributed by atoms with E-state index in [4.69, 9.17) is 23.2 Å². The zero-order valence-corrected chi connectivity index (χ0v) is 17.6. The summed E-state index contributed by atoms with van der Waals surface area (Å²) < 4.78 is 41.5. The van der Waals surface area contributed by atoms with Gasteiger partial charge in [0.2, 0.25) is 0 Å². The van der Waals surface area contributed by atoms with Gasteiger partial charge in [0.1, 0.15) is 0 Å². The molecule has 160 valence electrons. The van der Waals surface area contributed by atoms with E-state index in [1.807, 2.05) is 13.0 Å². The highest BCUT2D eigenvalue weighted by atomic mass is 35.5. The highest BCUT2D eigenvalue weighted by Gasteiger charge is 2.31. The number of halogens is 5. The van der Waals surface area contributed by atoms with E-state index in [1.54, 1.807) is 18.2 Å². The summed E-state index contributed by atoms with van der Waals surface area (Å²) in [5.74, 6) is 0.470. The van der Waals surface area contributed by atoms with Crippen LogP contribution in [0, 0.1) is 0 Å². The molecule has 2 aromatic carbocycles. The van der Waals surface area contributed by atoms with Crippen LogP contribution in [0.4, 0.5) is 13.2 Å². The molecule has 4 rings (SSSR count). The molecule has 0 radical (unpaired) electrons. The van der Waals surface area contributed by atoms with Gasteiger partial charge in [0.25, 0.3) is 0 Å². The van der Waals surface area contributed by atoms with Crippen molar-refractivity contribution in [2.45, 2.75) is 26.1 Å². The van der Waals surface area contributed by atoms with Crippen LogP contribution >= 0.6 is 23.2 Å². The predicted molar refractivity (Wildman–Crippen MR) is 112 cm³/mol. The first-order chi connectivity index (χ1) is 14.8. The molecule has 2 aromatic heterocycles. The van der Waals surface area contributed by atoms with Gasteiger partial charge in [0.15, 0.2) is 5.82 Å². The Kier molecular flexibility index (Phi) is 5.72. The zero-order valence-electron chi connectivity index (χ0n) is 16.1. The molecule has 31 heavy (non-hydrogen) atoms. The van der Waals surface area contributed by atoms with Gasteiger partial charge >= 0.3 is 6.18 Å². The van der Waals surface area contributed by atoms with Gasteiger partial charge in [-0.2, -0.15) is 18.3 Å². The van der Waals surface area contributed by atoms with Gasteiger partial charge in [-0.25, -0.2) is 5.10 Å². The lowest BCUT2D eigenvalue weighted by atomic mass is 10.0. The fourth-order valence-electron chi connectivity index (χ4n) is 3.28.